The number of rotatable bonds is 9. The molecule has 1 aromatic carbocycles. The van der Waals surface area contributed by atoms with Gasteiger partial charge < -0.3 is 19.5 Å². The van der Waals surface area contributed by atoms with Crippen LogP contribution in [0.2, 0.25) is 0 Å². The minimum atomic E-state index is -0.0671. The van der Waals surface area contributed by atoms with Gasteiger partial charge in [0.1, 0.15) is 0 Å². The van der Waals surface area contributed by atoms with Gasteiger partial charge in [-0.05, 0) is 35.7 Å². The third kappa shape index (κ3) is 5.45. The van der Waals surface area contributed by atoms with Gasteiger partial charge in [0.05, 0.1) is 21.3 Å². The molecule has 0 aliphatic carbocycles. The molecular weight excluding hydrogens is 390 g/mol. The average Bonchev–Trinajstić information content (AvgIpc) is 3.18. The molecule has 8 heteroatoms. The topological polar surface area (TPSA) is 82.6 Å². The number of anilines is 1. The van der Waals surface area contributed by atoms with Crippen LogP contribution in [-0.4, -0.2) is 37.2 Å². The standard InChI is InChI=1S/C21H23N3O4S/c1-26-17-10-15(11-18(27-2)20(17)28-3)9-16-13-23-21(29-16)24-19(25)7-6-14-5-4-8-22-12-14/h4-5,8,10-13H,6-7,9H2,1-3H3,(H,23,24,25). The molecule has 7 nitrogen and oxygen atoms in total. The number of carbonyl (C=O) groups excluding carboxylic acids is 1. The third-order valence-corrected chi connectivity index (χ3v) is 5.18. The molecule has 1 N–H and O–H groups in total. The number of carbonyl (C=O) groups is 1. The quantitative estimate of drug-likeness (QED) is 0.576. The first-order valence-electron chi connectivity index (χ1n) is 9.05. The second-order valence-electron chi connectivity index (χ2n) is 6.25. The Kier molecular flexibility index (Phi) is 7.02. The van der Waals surface area contributed by atoms with E-state index in [0.717, 1.165) is 16.0 Å². The molecule has 29 heavy (non-hydrogen) atoms. The minimum absolute atomic E-state index is 0.0671. The molecule has 3 aromatic rings. The Bertz CT molecular complexity index is 935. The predicted molar refractivity (Wildman–Crippen MR) is 112 cm³/mol. The predicted octanol–water partition coefficient (Wildman–Crippen LogP) is 3.73. The van der Waals surface area contributed by atoms with Crippen LogP contribution >= 0.6 is 11.3 Å². The lowest BCUT2D eigenvalue weighted by molar-refractivity contribution is -0.116. The number of amides is 1. The van der Waals surface area contributed by atoms with Crippen molar-refractivity contribution in [1.82, 2.24) is 9.97 Å². The van der Waals surface area contributed by atoms with Crippen LogP contribution in [0.3, 0.4) is 0 Å². The summed E-state index contributed by atoms with van der Waals surface area (Å²) in [7, 11) is 4.76. The Hall–Kier alpha value is -3.13. The molecule has 0 saturated heterocycles. The van der Waals surface area contributed by atoms with Crippen LogP contribution in [0, 0.1) is 0 Å². The fourth-order valence-corrected chi connectivity index (χ4v) is 3.73. The van der Waals surface area contributed by atoms with E-state index in [1.54, 1.807) is 39.9 Å². The van der Waals surface area contributed by atoms with Crippen LogP contribution in [-0.2, 0) is 17.6 Å². The Morgan fingerprint density at radius 1 is 1.07 bits per heavy atom. The maximum absolute atomic E-state index is 12.2. The van der Waals surface area contributed by atoms with Gasteiger partial charge in [-0.1, -0.05) is 6.07 Å². The van der Waals surface area contributed by atoms with Crippen molar-refractivity contribution >= 4 is 22.4 Å². The summed E-state index contributed by atoms with van der Waals surface area (Å²) in [5.41, 5.74) is 2.03. The molecule has 0 aliphatic rings. The van der Waals surface area contributed by atoms with E-state index in [0.29, 0.717) is 41.6 Å². The molecule has 2 heterocycles. The molecule has 2 aromatic heterocycles. The lowest BCUT2D eigenvalue weighted by atomic mass is 10.1. The highest BCUT2D eigenvalue weighted by molar-refractivity contribution is 7.15. The van der Waals surface area contributed by atoms with E-state index in [2.05, 4.69) is 15.3 Å². The van der Waals surface area contributed by atoms with Gasteiger partial charge in [0, 0.05) is 36.3 Å². The summed E-state index contributed by atoms with van der Waals surface area (Å²) in [6.45, 7) is 0. The second kappa shape index (κ2) is 9.88. The van der Waals surface area contributed by atoms with E-state index in [1.165, 1.54) is 11.3 Å². The summed E-state index contributed by atoms with van der Waals surface area (Å²) >= 11 is 1.45. The van der Waals surface area contributed by atoms with E-state index in [1.807, 2.05) is 24.3 Å². The van der Waals surface area contributed by atoms with Gasteiger partial charge in [-0.25, -0.2) is 4.98 Å². The highest BCUT2D eigenvalue weighted by Crippen LogP contribution is 2.39. The van der Waals surface area contributed by atoms with Gasteiger partial charge in [0.2, 0.25) is 11.7 Å². The maximum atomic E-state index is 12.2. The van der Waals surface area contributed by atoms with Crippen molar-refractivity contribution in [3.05, 3.63) is 58.9 Å². The van der Waals surface area contributed by atoms with Crippen LogP contribution in [0.4, 0.5) is 5.13 Å². The van der Waals surface area contributed by atoms with Crippen LogP contribution in [0.1, 0.15) is 22.4 Å². The normalized spacial score (nSPS) is 10.4. The Morgan fingerprint density at radius 2 is 1.83 bits per heavy atom. The number of pyridine rings is 1. The van der Waals surface area contributed by atoms with Crippen molar-refractivity contribution in [2.75, 3.05) is 26.6 Å². The summed E-state index contributed by atoms with van der Waals surface area (Å²) in [5, 5.41) is 3.45. The van der Waals surface area contributed by atoms with Gasteiger partial charge in [0.15, 0.2) is 16.6 Å². The van der Waals surface area contributed by atoms with Crippen molar-refractivity contribution in [2.24, 2.45) is 0 Å². The van der Waals surface area contributed by atoms with Crippen LogP contribution in [0.25, 0.3) is 0 Å². The Balaban J connectivity index is 1.62. The summed E-state index contributed by atoms with van der Waals surface area (Å²) in [6, 6.07) is 7.64. The molecule has 0 bridgehead atoms. The summed E-state index contributed by atoms with van der Waals surface area (Å²) in [5.74, 6) is 1.71. The average molecular weight is 413 g/mol. The number of aromatic nitrogens is 2. The van der Waals surface area contributed by atoms with Crippen molar-refractivity contribution < 1.29 is 19.0 Å². The first-order valence-corrected chi connectivity index (χ1v) is 9.87. The number of hydrogen-bond donors (Lipinski definition) is 1. The van der Waals surface area contributed by atoms with Gasteiger partial charge in [-0.15, -0.1) is 11.3 Å². The van der Waals surface area contributed by atoms with Crippen molar-refractivity contribution in [3.8, 4) is 17.2 Å². The molecule has 152 valence electrons. The number of benzene rings is 1. The zero-order chi connectivity index (χ0) is 20.6. The number of thiazole rings is 1. The molecule has 0 atom stereocenters. The number of ether oxygens (including phenoxy) is 3. The first-order chi connectivity index (χ1) is 14.1. The van der Waals surface area contributed by atoms with Crippen LogP contribution in [0.15, 0.2) is 42.9 Å². The number of hydrogen-bond acceptors (Lipinski definition) is 7. The molecule has 1 amide bonds. The number of nitrogens with zero attached hydrogens (tertiary/aromatic N) is 2. The third-order valence-electron chi connectivity index (χ3n) is 4.27. The lowest BCUT2D eigenvalue weighted by Crippen LogP contribution is -2.12. The molecule has 0 spiro atoms. The summed E-state index contributed by atoms with van der Waals surface area (Å²) in [4.78, 5) is 21.6. The molecule has 0 saturated carbocycles. The van der Waals surface area contributed by atoms with E-state index in [-0.39, 0.29) is 5.91 Å². The second-order valence-corrected chi connectivity index (χ2v) is 7.37. The highest BCUT2D eigenvalue weighted by atomic mass is 32.1. The largest absolute Gasteiger partial charge is 0.493 e. The molecule has 0 unspecified atom stereocenters. The number of methoxy groups -OCH3 is 3. The zero-order valence-electron chi connectivity index (χ0n) is 16.6. The molecule has 0 fully saturated rings. The van der Waals surface area contributed by atoms with Crippen molar-refractivity contribution in [3.63, 3.8) is 0 Å². The maximum Gasteiger partial charge on any atom is 0.226 e. The Morgan fingerprint density at radius 3 is 2.45 bits per heavy atom. The van der Waals surface area contributed by atoms with Gasteiger partial charge in [-0.3, -0.25) is 9.78 Å². The molecular formula is C21H23N3O4S. The van der Waals surface area contributed by atoms with E-state index in [9.17, 15) is 4.79 Å². The van der Waals surface area contributed by atoms with Crippen molar-refractivity contribution in [2.45, 2.75) is 19.3 Å². The van der Waals surface area contributed by atoms with Gasteiger partial charge in [-0.2, -0.15) is 0 Å². The fraction of sp³-hybridized carbons (Fsp3) is 0.286. The van der Waals surface area contributed by atoms with Gasteiger partial charge >= 0.3 is 0 Å². The number of nitrogens with one attached hydrogen (secondary N) is 1. The Labute approximate surface area is 173 Å². The van der Waals surface area contributed by atoms with E-state index in [4.69, 9.17) is 14.2 Å². The number of aryl methyl sites for hydroxylation is 1. The van der Waals surface area contributed by atoms with Gasteiger partial charge in [0.25, 0.3) is 0 Å². The van der Waals surface area contributed by atoms with Crippen LogP contribution < -0.4 is 19.5 Å². The highest BCUT2D eigenvalue weighted by Gasteiger charge is 2.14. The monoisotopic (exact) mass is 413 g/mol. The summed E-state index contributed by atoms with van der Waals surface area (Å²) in [6.07, 6.45) is 6.92. The SMILES string of the molecule is COc1cc(Cc2cnc(NC(=O)CCc3cccnc3)s2)cc(OC)c1OC. The lowest BCUT2D eigenvalue weighted by Gasteiger charge is -2.13. The first kappa shape index (κ1) is 20.6. The zero-order valence-corrected chi connectivity index (χ0v) is 17.4. The fourth-order valence-electron chi connectivity index (χ4n) is 2.87. The van der Waals surface area contributed by atoms with E-state index < -0.39 is 0 Å². The molecule has 3 rings (SSSR count). The molecule has 0 radical (unpaired) electrons. The summed E-state index contributed by atoms with van der Waals surface area (Å²) < 4.78 is 16.2. The smallest absolute Gasteiger partial charge is 0.226 e. The van der Waals surface area contributed by atoms with Crippen molar-refractivity contribution in [1.29, 1.82) is 0 Å². The van der Waals surface area contributed by atoms with E-state index >= 15 is 0 Å². The van der Waals surface area contributed by atoms with Crippen LogP contribution in [0.5, 0.6) is 17.2 Å². The molecule has 0 aliphatic heterocycles. The minimum Gasteiger partial charge on any atom is -0.493 e.